The number of rotatable bonds is 7. The number of hydrogen-bond donors (Lipinski definition) is 2. The molecule has 0 atom stereocenters. The molecule has 1 aromatic heterocycles. The van der Waals surface area contributed by atoms with Gasteiger partial charge in [-0.1, -0.05) is 12.1 Å². The summed E-state index contributed by atoms with van der Waals surface area (Å²) in [5.41, 5.74) is 0.516. The molecule has 0 bridgehead atoms. The number of nitrogens with zero attached hydrogens (tertiary/aromatic N) is 1. The van der Waals surface area contributed by atoms with Gasteiger partial charge in [-0.15, -0.1) is 11.3 Å². The van der Waals surface area contributed by atoms with E-state index in [0.717, 1.165) is 5.01 Å². The van der Waals surface area contributed by atoms with Crippen molar-refractivity contribution in [3.05, 3.63) is 52.0 Å². The maximum Gasteiger partial charge on any atom is 0.335 e. The summed E-state index contributed by atoms with van der Waals surface area (Å²) >= 11 is 1.47. The van der Waals surface area contributed by atoms with Gasteiger partial charge in [0.15, 0.2) is 0 Å². The molecule has 0 saturated heterocycles. The normalized spacial score (nSPS) is 11.4. The molecule has 0 saturated carbocycles. The molecule has 0 aliphatic heterocycles. The van der Waals surface area contributed by atoms with Crippen LogP contribution in [0.25, 0.3) is 0 Å². The number of sulfonamides is 1. The van der Waals surface area contributed by atoms with Crippen LogP contribution in [-0.4, -0.2) is 31.0 Å². The highest BCUT2D eigenvalue weighted by Crippen LogP contribution is 2.09. The molecule has 2 aromatic rings. The second-order valence-corrected chi connectivity index (χ2v) is 7.12. The van der Waals surface area contributed by atoms with Gasteiger partial charge in [-0.2, -0.15) is 0 Å². The van der Waals surface area contributed by atoms with E-state index >= 15 is 0 Å². The Balaban J connectivity index is 1.94. The molecular formula is C13H14N2O4S2. The summed E-state index contributed by atoms with van der Waals surface area (Å²) in [5.74, 6) is -1.32. The summed E-state index contributed by atoms with van der Waals surface area (Å²) in [4.78, 5) is 14.9. The van der Waals surface area contributed by atoms with Crippen LogP contribution in [-0.2, 0) is 22.2 Å². The maximum atomic E-state index is 11.9. The minimum Gasteiger partial charge on any atom is -0.478 e. The Bertz CT molecular complexity index is 712. The number of carboxylic acid groups (broad SMARTS) is 1. The van der Waals surface area contributed by atoms with Crippen LogP contribution in [0.1, 0.15) is 20.9 Å². The molecule has 112 valence electrons. The highest BCUT2D eigenvalue weighted by Gasteiger charge is 2.13. The summed E-state index contributed by atoms with van der Waals surface area (Å²) in [5, 5.41) is 11.6. The number of nitrogens with one attached hydrogen (secondary N) is 1. The van der Waals surface area contributed by atoms with Crippen LogP contribution in [0.15, 0.2) is 35.8 Å². The quantitative estimate of drug-likeness (QED) is 0.804. The first-order chi connectivity index (χ1) is 9.96. The zero-order chi connectivity index (χ0) is 15.3. The van der Waals surface area contributed by atoms with Gasteiger partial charge in [-0.05, 0) is 17.7 Å². The molecular weight excluding hydrogens is 312 g/mol. The zero-order valence-corrected chi connectivity index (χ0v) is 12.7. The first-order valence-corrected chi connectivity index (χ1v) is 8.67. The van der Waals surface area contributed by atoms with Gasteiger partial charge in [0.2, 0.25) is 10.0 Å². The predicted molar refractivity (Wildman–Crippen MR) is 79.8 cm³/mol. The van der Waals surface area contributed by atoms with Crippen molar-refractivity contribution >= 4 is 27.3 Å². The number of hydrogen-bond acceptors (Lipinski definition) is 5. The molecule has 2 rings (SSSR count). The van der Waals surface area contributed by atoms with E-state index in [1.54, 1.807) is 12.3 Å². The molecule has 0 aliphatic carbocycles. The van der Waals surface area contributed by atoms with Crippen LogP contribution in [0.4, 0.5) is 0 Å². The molecule has 0 amide bonds. The summed E-state index contributed by atoms with van der Waals surface area (Å²) in [6.45, 7) is 0.272. The molecule has 1 heterocycles. The molecule has 1 aromatic carbocycles. The van der Waals surface area contributed by atoms with Gasteiger partial charge in [-0.25, -0.2) is 22.9 Å². The van der Waals surface area contributed by atoms with Crippen LogP contribution in [0.3, 0.4) is 0 Å². The molecule has 0 radical (unpaired) electrons. The monoisotopic (exact) mass is 326 g/mol. The Hall–Kier alpha value is -1.77. The Kier molecular flexibility index (Phi) is 5.05. The van der Waals surface area contributed by atoms with Gasteiger partial charge in [-0.3, -0.25) is 0 Å². The van der Waals surface area contributed by atoms with Crippen LogP contribution in [0.2, 0.25) is 0 Å². The van der Waals surface area contributed by atoms with E-state index < -0.39 is 16.0 Å². The number of aromatic carboxylic acids is 1. The Labute approximate surface area is 126 Å². The van der Waals surface area contributed by atoms with E-state index in [4.69, 9.17) is 5.11 Å². The molecule has 8 heteroatoms. The largest absolute Gasteiger partial charge is 0.478 e. The lowest BCUT2D eigenvalue weighted by molar-refractivity contribution is 0.0696. The molecule has 6 nitrogen and oxygen atoms in total. The predicted octanol–water partition coefficient (Wildman–Crippen LogP) is 1.50. The highest BCUT2D eigenvalue weighted by atomic mass is 32.2. The molecule has 21 heavy (non-hydrogen) atoms. The van der Waals surface area contributed by atoms with E-state index in [2.05, 4.69) is 9.71 Å². The number of thiazole rings is 1. The molecule has 0 aliphatic rings. The van der Waals surface area contributed by atoms with Crippen molar-refractivity contribution in [2.24, 2.45) is 0 Å². The zero-order valence-electron chi connectivity index (χ0n) is 11.0. The van der Waals surface area contributed by atoms with Gasteiger partial charge < -0.3 is 5.11 Å². The molecule has 2 N–H and O–H groups in total. The van der Waals surface area contributed by atoms with E-state index in [1.807, 2.05) is 5.38 Å². The molecule has 0 fully saturated rings. The van der Waals surface area contributed by atoms with Crippen molar-refractivity contribution in [1.82, 2.24) is 9.71 Å². The third-order valence-electron chi connectivity index (χ3n) is 2.67. The van der Waals surface area contributed by atoms with Crippen LogP contribution in [0, 0.1) is 0 Å². The molecule has 0 unspecified atom stereocenters. The maximum absolute atomic E-state index is 11.9. The lowest BCUT2D eigenvalue weighted by Crippen LogP contribution is -2.27. The van der Waals surface area contributed by atoms with Crippen molar-refractivity contribution in [2.75, 3.05) is 6.54 Å². The standard InChI is InChI=1S/C13H14N2O4S2/c16-13(17)11-3-1-2-10(8-11)9-21(18,19)15-5-4-12-14-6-7-20-12/h1-3,6-8,15H,4-5,9H2,(H,16,17). The number of carboxylic acids is 1. The van der Waals surface area contributed by atoms with Crippen LogP contribution >= 0.6 is 11.3 Å². The van der Waals surface area contributed by atoms with Crippen molar-refractivity contribution in [3.63, 3.8) is 0 Å². The van der Waals surface area contributed by atoms with Crippen molar-refractivity contribution in [1.29, 1.82) is 0 Å². The fourth-order valence-corrected chi connectivity index (χ4v) is 3.51. The fourth-order valence-electron chi connectivity index (χ4n) is 1.75. The fraction of sp³-hybridized carbons (Fsp3) is 0.231. The number of aromatic nitrogens is 1. The first-order valence-electron chi connectivity index (χ1n) is 6.14. The van der Waals surface area contributed by atoms with E-state index in [9.17, 15) is 13.2 Å². The van der Waals surface area contributed by atoms with E-state index in [1.165, 1.54) is 29.5 Å². The minimum atomic E-state index is -3.50. The third kappa shape index (κ3) is 4.92. The first kappa shape index (κ1) is 15.6. The average molecular weight is 326 g/mol. The Morgan fingerprint density at radius 3 is 2.86 bits per heavy atom. The summed E-state index contributed by atoms with van der Waals surface area (Å²) < 4.78 is 26.4. The summed E-state index contributed by atoms with van der Waals surface area (Å²) in [6.07, 6.45) is 2.21. The average Bonchev–Trinajstić information content (AvgIpc) is 2.91. The van der Waals surface area contributed by atoms with E-state index in [0.29, 0.717) is 12.0 Å². The van der Waals surface area contributed by atoms with Crippen LogP contribution in [0.5, 0.6) is 0 Å². The lowest BCUT2D eigenvalue weighted by atomic mass is 10.1. The van der Waals surface area contributed by atoms with Crippen molar-refractivity contribution < 1.29 is 18.3 Å². The van der Waals surface area contributed by atoms with Gasteiger partial charge >= 0.3 is 5.97 Å². The smallest absolute Gasteiger partial charge is 0.335 e. The Morgan fingerprint density at radius 2 is 2.19 bits per heavy atom. The second-order valence-electron chi connectivity index (χ2n) is 4.33. The van der Waals surface area contributed by atoms with Crippen LogP contribution < -0.4 is 4.72 Å². The summed E-state index contributed by atoms with van der Waals surface area (Å²) in [7, 11) is -3.50. The topological polar surface area (TPSA) is 96.4 Å². The van der Waals surface area contributed by atoms with Crippen molar-refractivity contribution in [2.45, 2.75) is 12.2 Å². The minimum absolute atomic E-state index is 0.0745. The van der Waals surface area contributed by atoms with Gasteiger partial charge in [0.25, 0.3) is 0 Å². The van der Waals surface area contributed by atoms with Gasteiger partial charge in [0, 0.05) is 24.5 Å². The molecule has 0 spiro atoms. The number of carbonyl (C=O) groups is 1. The Morgan fingerprint density at radius 1 is 1.38 bits per heavy atom. The van der Waals surface area contributed by atoms with Gasteiger partial charge in [0.05, 0.1) is 16.3 Å². The SMILES string of the molecule is O=C(O)c1cccc(CS(=O)(=O)NCCc2nccs2)c1. The van der Waals surface area contributed by atoms with Crippen molar-refractivity contribution in [3.8, 4) is 0 Å². The highest BCUT2D eigenvalue weighted by molar-refractivity contribution is 7.88. The lowest BCUT2D eigenvalue weighted by Gasteiger charge is -2.06. The van der Waals surface area contributed by atoms with E-state index in [-0.39, 0.29) is 17.9 Å². The second kappa shape index (κ2) is 6.79. The number of benzene rings is 1. The summed E-state index contributed by atoms with van der Waals surface area (Å²) in [6, 6.07) is 5.91. The third-order valence-corrected chi connectivity index (χ3v) is 4.87. The van der Waals surface area contributed by atoms with Gasteiger partial charge in [0.1, 0.15) is 0 Å².